The highest BCUT2D eigenvalue weighted by Crippen LogP contribution is 2.30. The first kappa shape index (κ1) is 19.2. The van der Waals surface area contributed by atoms with Crippen LogP contribution >= 0.6 is 0 Å². The summed E-state index contributed by atoms with van der Waals surface area (Å²) in [5.41, 5.74) is 3.81. The molecule has 0 unspecified atom stereocenters. The Balaban J connectivity index is 1.36. The zero-order valence-electron chi connectivity index (χ0n) is 17.1. The second kappa shape index (κ2) is 8.45. The van der Waals surface area contributed by atoms with E-state index in [1.54, 1.807) is 14.2 Å². The normalized spacial score (nSPS) is 18.7. The van der Waals surface area contributed by atoms with Gasteiger partial charge in [0.05, 0.1) is 14.2 Å². The molecule has 1 aromatic carbocycles. The fraction of sp³-hybridized carbons (Fsp3) is 0.545. The summed E-state index contributed by atoms with van der Waals surface area (Å²) < 4.78 is 10.8. The second-order valence-electron chi connectivity index (χ2n) is 7.93. The van der Waals surface area contributed by atoms with Crippen LogP contribution in [0.3, 0.4) is 0 Å². The summed E-state index contributed by atoms with van der Waals surface area (Å²) in [5.74, 6) is 3.10. The van der Waals surface area contributed by atoms with Crippen LogP contribution in [0.5, 0.6) is 11.5 Å². The summed E-state index contributed by atoms with van der Waals surface area (Å²) in [4.78, 5) is 14.5. The summed E-state index contributed by atoms with van der Waals surface area (Å²) in [5, 5.41) is 0. The largest absolute Gasteiger partial charge is 0.493 e. The third-order valence-corrected chi connectivity index (χ3v) is 5.95. The molecule has 6 nitrogen and oxygen atoms in total. The number of likely N-dealkylation sites (N-methyl/N-ethyl adjacent to an activating group) is 1. The molecule has 0 saturated carbocycles. The third-order valence-electron chi connectivity index (χ3n) is 5.95. The zero-order chi connectivity index (χ0) is 19.5. The molecule has 0 bridgehead atoms. The Labute approximate surface area is 167 Å². The molecule has 0 aliphatic carbocycles. The molecule has 1 saturated heterocycles. The zero-order valence-corrected chi connectivity index (χ0v) is 17.1. The van der Waals surface area contributed by atoms with Crippen molar-refractivity contribution in [1.29, 1.82) is 0 Å². The number of rotatable bonds is 5. The predicted octanol–water partition coefficient (Wildman–Crippen LogP) is 2.86. The highest BCUT2D eigenvalue weighted by molar-refractivity contribution is 5.42. The van der Waals surface area contributed by atoms with Gasteiger partial charge >= 0.3 is 0 Å². The molecule has 2 aliphatic rings. The Morgan fingerprint density at radius 1 is 1.07 bits per heavy atom. The van der Waals surface area contributed by atoms with Crippen molar-refractivity contribution < 1.29 is 9.47 Å². The van der Waals surface area contributed by atoms with E-state index < -0.39 is 0 Å². The minimum atomic E-state index is 0.478. The van der Waals surface area contributed by atoms with Crippen molar-refractivity contribution in [3.05, 3.63) is 47.0 Å². The second-order valence-corrected chi connectivity index (χ2v) is 7.93. The Hall–Kier alpha value is -2.18. The van der Waals surface area contributed by atoms with Gasteiger partial charge in [-0.05, 0) is 50.7 Å². The Morgan fingerprint density at radius 2 is 1.86 bits per heavy atom. The fourth-order valence-electron chi connectivity index (χ4n) is 4.26. The van der Waals surface area contributed by atoms with Gasteiger partial charge in [-0.25, -0.2) is 9.97 Å². The van der Waals surface area contributed by atoms with Gasteiger partial charge in [-0.1, -0.05) is 6.07 Å². The molecule has 4 rings (SSSR count). The van der Waals surface area contributed by atoms with E-state index in [2.05, 4.69) is 35.2 Å². The van der Waals surface area contributed by atoms with Crippen molar-refractivity contribution in [2.24, 2.45) is 0 Å². The van der Waals surface area contributed by atoms with E-state index >= 15 is 0 Å². The molecule has 1 fully saturated rings. The van der Waals surface area contributed by atoms with Gasteiger partial charge in [0.25, 0.3) is 0 Å². The first-order chi connectivity index (χ1) is 13.7. The number of piperidine rings is 1. The van der Waals surface area contributed by atoms with E-state index in [1.165, 1.54) is 16.8 Å². The quantitative estimate of drug-likeness (QED) is 0.793. The minimum absolute atomic E-state index is 0.478. The number of hydrogen-bond acceptors (Lipinski definition) is 6. The molecule has 3 heterocycles. The molecule has 0 spiro atoms. The van der Waals surface area contributed by atoms with Gasteiger partial charge in [-0.3, -0.25) is 4.90 Å². The van der Waals surface area contributed by atoms with E-state index in [1.807, 2.05) is 6.07 Å². The monoisotopic (exact) mass is 382 g/mol. The highest BCUT2D eigenvalue weighted by Gasteiger charge is 2.24. The fourth-order valence-corrected chi connectivity index (χ4v) is 4.26. The molecule has 28 heavy (non-hydrogen) atoms. The first-order valence-electron chi connectivity index (χ1n) is 10.1. The molecule has 0 radical (unpaired) electrons. The van der Waals surface area contributed by atoms with Crippen molar-refractivity contribution in [2.75, 3.05) is 40.9 Å². The van der Waals surface area contributed by atoms with E-state index in [9.17, 15) is 0 Å². The molecule has 2 aromatic rings. The van der Waals surface area contributed by atoms with Gasteiger partial charge in [0.2, 0.25) is 0 Å². The maximum absolute atomic E-state index is 5.43. The summed E-state index contributed by atoms with van der Waals surface area (Å²) in [6.07, 6.45) is 5.33. The molecule has 1 aromatic heterocycles. The number of methoxy groups -OCH3 is 2. The van der Waals surface area contributed by atoms with Gasteiger partial charge in [0, 0.05) is 49.4 Å². The molecular formula is C22H30N4O2. The van der Waals surface area contributed by atoms with E-state index in [0.29, 0.717) is 5.92 Å². The summed E-state index contributed by atoms with van der Waals surface area (Å²) in [6, 6.07) is 6.19. The standard InChI is InChI=1S/C22H30N4O2/c1-25-9-8-19-18(15-25)13-23-22(24-19)17-6-10-26(11-7-17)14-16-4-5-20(27-2)21(12-16)28-3/h4-5,12-13,17H,6-11,14-15H2,1-3H3. The van der Waals surface area contributed by atoms with Crippen LogP contribution in [0.1, 0.15) is 41.4 Å². The molecule has 0 N–H and O–H groups in total. The molecule has 6 heteroatoms. The van der Waals surface area contributed by atoms with Crippen molar-refractivity contribution >= 4 is 0 Å². The number of nitrogens with zero attached hydrogens (tertiary/aromatic N) is 4. The van der Waals surface area contributed by atoms with Crippen LogP contribution in [0.4, 0.5) is 0 Å². The van der Waals surface area contributed by atoms with Crippen LogP contribution in [0.2, 0.25) is 0 Å². The average molecular weight is 383 g/mol. The topological polar surface area (TPSA) is 50.7 Å². The molecule has 0 amide bonds. The number of hydrogen-bond donors (Lipinski definition) is 0. The van der Waals surface area contributed by atoms with Crippen molar-refractivity contribution in [1.82, 2.24) is 19.8 Å². The molecule has 0 atom stereocenters. The third kappa shape index (κ3) is 4.13. The van der Waals surface area contributed by atoms with Gasteiger partial charge in [-0.2, -0.15) is 0 Å². The number of benzene rings is 1. The Kier molecular flexibility index (Phi) is 5.78. The number of fused-ring (bicyclic) bond motifs is 1. The average Bonchev–Trinajstić information content (AvgIpc) is 2.74. The number of likely N-dealkylation sites (tertiary alicyclic amines) is 1. The lowest BCUT2D eigenvalue weighted by molar-refractivity contribution is 0.201. The van der Waals surface area contributed by atoms with Gasteiger partial charge in [0.1, 0.15) is 5.82 Å². The van der Waals surface area contributed by atoms with Crippen LogP contribution in [0.15, 0.2) is 24.4 Å². The minimum Gasteiger partial charge on any atom is -0.493 e. The smallest absolute Gasteiger partial charge is 0.161 e. The van der Waals surface area contributed by atoms with Gasteiger partial charge in [-0.15, -0.1) is 0 Å². The van der Waals surface area contributed by atoms with Crippen LogP contribution in [-0.4, -0.2) is 60.7 Å². The summed E-state index contributed by atoms with van der Waals surface area (Å²) >= 11 is 0. The van der Waals surface area contributed by atoms with E-state index in [-0.39, 0.29) is 0 Å². The first-order valence-corrected chi connectivity index (χ1v) is 10.1. The van der Waals surface area contributed by atoms with Crippen LogP contribution in [-0.2, 0) is 19.5 Å². The van der Waals surface area contributed by atoms with Crippen LogP contribution in [0.25, 0.3) is 0 Å². The van der Waals surface area contributed by atoms with Crippen LogP contribution < -0.4 is 9.47 Å². The summed E-state index contributed by atoms with van der Waals surface area (Å²) in [7, 11) is 5.51. The van der Waals surface area contributed by atoms with Crippen molar-refractivity contribution in [3.8, 4) is 11.5 Å². The predicted molar refractivity (Wildman–Crippen MR) is 109 cm³/mol. The maximum Gasteiger partial charge on any atom is 0.161 e. The van der Waals surface area contributed by atoms with Crippen molar-refractivity contribution in [3.63, 3.8) is 0 Å². The Bertz CT molecular complexity index is 818. The lowest BCUT2D eigenvalue weighted by Crippen LogP contribution is -2.33. The lowest BCUT2D eigenvalue weighted by atomic mass is 9.95. The van der Waals surface area contributed by atoms with Gasteiger partial charge < -0.3 is 14.4 Å². The summed E-state index contributed by atoms with van der Waals surface area (Å²) in [6.45, 7) is 5.14. The van der Waals surface area contributed by atoms with E-state index in [4.69, 9.17) is 19.4 Å². The van der Waals surface area contributed by atoms with Crippen LogP contribution in [0, 0.1) is 0 Å². The van der Waals surface area contributed by atoms with E-state index in [0.717, 1.165) is 69.3 Å². The Morgan fingerprint density at radius 3 is 2.61 bits per heavy atom. The highest BCUT2D eigenvalue weighted by atomic mass is 16.5. The molecule has 2 aliphatic heterocycles. The number of aromatic nitrogens is 2. The number of ether oxygens (including phenoxy) is 2. The molecule has 150 valence electrons. The van der Waals surface area contributed by atoms with Gasteiger partial charge in [0.15, 0.2) is 11.5 Å². The lowest BCUT2D eigenvalue weighted by Gasteiger charge is -2.32. The SMILES string of the molecule is COc1ccc(CN2CCC(c3ncc4c(n3)CCN(C)C4)CC2)cc1OC. The maximum atomic E-state index is 5.43. The molecular weight excluding hydrogens is 352 g/mol. The van der Waals surface area contributed by atoms with Crippen molar-refractivity contribution in [2.45, 2.75) is 38.3 Å².